The molecule has 0 fully saturated rings. The Kier molecular flexibility index (Phi) is 2.33. The van der Waals surface area contributed by atoms with E-state index in [4.69, 9.17) is 5.73 Å². The van der Waals surface area contributed by atoms with E-state index in [9.17, 15) is 0 Å². The van der Waals surface area contributed by atoms with Crippen LogP contribution in [0.25, 0.3) is 16.8 Å². The van der Waals surface area contributed by atoms with Crippen LogP contribution in [0.4, 0.5) is 5.82 Å². The molecule has 0 saturated carbocycles. The lowest BCUT2D eigenvalue weighted by Gasteiger charge is -2.03. The van der Waals surface area contributed by atoms with E-state index in [2.05, 4.69) is 20.4 Å². The van der Waals surface area contributed by atoms with Gasteiger partial charge in [0.2, 0.25) is 0 Å². The summed E-state index contributed by atoms with van der Waals surface area (Å²) in [5.74, 6) is 0.553. The Bertz CT molecular complexity index is 681. The van der Waals surface area contributed by atoms with Crippen molar-refractivity contribution in [2.45, 2.75) is 6.92 Å². The van der Waals surface area contributed by atoms with Crippen LogP contribution in [0.3, 0.4) is 0 Å². The number of rotatable bonds is 2. The molecule has 0 aliphatic heterocycles. The van der Waals surface area contributed by atoms with Crippen molar-refractivity contribution in [3.05, 3.63) is 42.4 Å². The molecule has 90 valence electrons. The summed E-state index contributed by atoms with van der Waals surface area (Å²) < 4.78 is 0. The Labute approximate surface area is 103 Å². The molecule has 0 unspecified atom stereocenters. The fourth-order valence-corrected chi connectivity index (χ4v) is 1.79. The first-order valence-electron chi connectivity index (χ1n) is 5.52. The Morgan fingerprint density at radius 1 is 1.28 bits per heavy atom. The molecule has 2 aromatic heterocycles. The van der Waals surface area contributed by atoms with Crippen molar-refractivity contribution in [3.8, 4) is 16.8 Å². The summed E-state index contributed by atoms with van der Waals surface area (Å²) in [5, 5.41) is 15.1. The Balaban J connectivity index is 2.07. The summed E-state index contributed by atoms with van der Waals surface area (Å²) in [6.07, 6.45) is 3.43. The standard InChI is InChI=1S/C12H12N6/c1-8-6-15-18(17-8)10-4-2-3-9(5-10)11-7-14-16-12(11)13/h2-7H,1H3,(H3,13,14,16). The minimum Gasteiger partial charge on any atom is -0.384 e. The average Bonchev–Trinajstić information content (AvgIpc) is 2.98. The zero-order valence-corrected chi connectivity index (χ0v) is 9.83. The molecular weight excluding hydrogens is 228 g/mol. The summed E-state index contributed by atoms with van der Waals surface area (Å²) >= 11 is 0. The Hall–Kier alpha value is -2.63. The first-order valence-corrected chi connectivity index (χ1v) is 5.52. The lowest BCUT2D eigenvalue weighted by Crippen LogP contribution is -1.99. The molecule has 2 heterocycles. The number of aryl methyl sites for hydroxylation is 1. The molecule has 3 rings (SSSR count). The van der Waals surface area contributed by atoms with Crippen LogP contribution in [0.15, 0.2) is 36.7 Å². The van der Waals surface area contributed by atoms with Crippen molar-refractivity contribution in [2.24, 2.45) is 0 Å². The van der Waals surface area contributed by atoms with Gasteiger partial charge in [-0.15, -0.1) is 0 Å². The number of aromatic nitrogens is 5. The predicted molar refractivity (Wildman–Crippen MR) is 68.1 cm³/mol. The van der Waals surface area contributed by atoms with Gasteiger partial charge in [0.1, 0.15) is 5.82 Å². The lowest BCUT2D eigenvalue weighted by atomic mass is 10.1. The Morgan fingerprint density at radius 3 is 2.83 bits per heavy atom. The highest BCUT2D eigenvalue weighted by Crippen LogP contribution is 2.25. The fraction of sp³-hybridized carbons (Fsp3) is 0.0833. The van der Waals surface area contributed by atoms with Crippen LogP contribution in [0.5, 0.6) is 0 Å². The van der Waals surface area contributed by atoms with Crippen molar-refractivity contribution < 1.29 is 0 Å². The first-order chi connectivity index (χ1) is 8.74. The van der Waals surface area contributed by atoms with Crippen LogP contribution < -0.4 is 5.73 Å². The number of aromatic amines is 1. The predicted octanol–water partition coefficient (Wildman–Crippen LogP) is 1.55. The topological polar surface area (TPSA) is 85.4 Å². The van der Waals surface area contributed by atoms with Gasteiger partial charge in [-0.25, -0.2) is 0 Å². The normalized spacial score (nSPS) is 10.7. The number of nitrogens with two attached hydrogens (primary N) is 1. The van der Waals surface area contributed by atoms with E-state index >= 15 is 0 Å². The highest BCUT2D eigenvalue weighted by atomic mass is 15.5. The highest BCUT2D eigenvalue weighted by molar-refractivity contribution is 5.74. The van der Waals surface area contributed by atoms with Gasteiger partial charge in [-0.05, 0) is 24.6 Å². The summed E-state index contributed by atoms with van der Waals surface area (Å²) in [7, 11) is 0. The van der Waals surface area contributed by atoms with Crippen LogP contribution >= 0.6 is 0 Å². The number of hydrogen-bond donors (Lipinski definition) is 2. The molecule has 0 radical (unpaired) electrons. The summed E-state index contributed by atoms with van der Waals surface area (Å²) in [6, 6.07) is 7.83. The van der Waals surface area contributed by atoms with Crippen LogP contribution in [0.2, 0.25) is 0 Å². The fourth-order valence-electron chi connectivity index (χ4n) is 1.79. The largest absolute Gasteiger partial charge is 0.384 e. The van der Waals surface area contributed by atoms with Gasteiger partial charge in [-0.3, -0.25) is 5.10 Å². The van der Waals surface area contributed by atoms with Gasteiger partial charge in [0.15, 0.2) is 0 Å². The maximum Gasteiger partial charge on any atom is 0.126 e. The number of benzene rings is 1. The molecule has 0 atom stereocenters. The quantitative estimate of drug-likeness (QED) is 0.711. The van der Waals surface area contributed by atoms with Crippen LogP contribution in [-0.4, -0.2) is 25.2 Å². The summed E-state index contributed by atoms with van der Waals surface area (Å²) in [4.78, 5) is 1.59. The van der Waals surface area contributed by atoms with E-state index in [1.165, 1.54) is 0 Å². The van der Waals surface area contributed by atoms with Crippen molar-refractivity contribution >= 4 is 5.82 Å². The van der Waals surface area contributed by atoms with Gasteiger partial charge in [-0.2, -0.15) is 20.1 Å². The lowest BCUT2D eigenvalue weighted by molar-refractivity contribution is 0.746. The number of nitrogens with zero attached hydrogens (tertiary/aromatic N) is 4. The zero-order valence-electron chi connectivity index (χ0n) is 9.83. The van der Waals surface area contributed by atoms with Gasteiger partial charge < -0.3 is 5.73 Å². The molecule has 0 amide bonds. The molecule has 0 aliphatic rings. The van der Waals surface area contributed by atoms with E-state index < -0.39 is 0 Å². The van der Waals surface area contributed by atoms with Gasteiger partial charge in [0.05, 0.1) is 23.8 Å². The average molecular weight is 240 g/mol. The molecule has 0 bridgehead atoms. The molecule has 0 saturated heterocycles. The second-order valence-corrected chi connectivity index (χ2v) is 4.02. The monoisotopic (exact) mass is 240 g/mol. The van der Waals surface area contributed by atoms with Crippen LogP contribution in [-0.2, 0) is 0 Å². The maximum atomic E-state index is 5.81. The minimum atomic E-state index is 0.553. The van der Waals surface area contributed by atoms with E-state index in [-0.39, 0.29) is 0 Å². The summed E-state index contributed by atoms with van der Waals surface area (Å²) in [6.45, 7) is 1.90. The smallest absolute Gasteiger partial charge is 0.126 e. The highest BCUT2D eigenvalue weighted by Gasteiger charge is 2.06. The third-order valence-corrected chi connectivity index (χ3v) is 2.66. The van der Waals surface area contributed by atoms with Crippen molar-refractivity contribution in [3.63, 3.8) is 0 Å². The number of anilines is 1. The minimum absolute atomic E-state index is 0.553. The SMILES string of the molecule is Cc1cnn(-c2cccc(-c3cn[nH]c3N)c2)n1. The molecule has 6 nitrogen and oxygen atoms in total. The van der Waals surface area contributed by atoms with Crippen LogP contribution in [0, 0.1) is 6.92 Å². The maximum absolute atomic E-state index is 5.81. The molecule has 0 spiro atoms. The van der Waals surface area contributed by atoms with E-state index in [0.29, 0.717) is 5.82 Å². The second-order valence-electron chi connectivity index (χ2n) is 4.02. The van der Waals surface area contributed by atoms with Gasteiger partial charge in [-0.1, -0.05) is 12.1 Å². The van der Waals surface area contributed by atoms with Crippen molar-refractivity contribution in [1.29, 1.82) is 0 Å². The van der Waals surface area contributed by atoms with Crippen LogP contribution in [0.1, 0.15) is 5.69 Å². The molecule has 3 N–H and O–H groups in total. The van der Waals surface area contributed by atoms with E-state index in [1.54, 1.807) is 17.2 Å². The third-order valence-electron chi connectivity index (χ3n) is 2.66. The number of hydrogen-bond acceptors (Lipinski definition) is 4. The molecule has 0 aliphatic carbocycles. The van der Waals surface area contributed by atoms with Crippen molar-refractivity contribution in [2.75, 3.05) is 5.73 Å². The number of nitrogen functional groups attached to an aromatic ring is 1. The Morgan fingerprint density at radius 2 is 2.17 bits per heavy atom. The first kappa shape index (κ1) is 10.5. The number of H-pyrrole nitrogens is 1. The molecular formula is C12H12N6. The molecule has 18 heavy (non-hydrogen) atoms. The van der Waals surface area contributed by atoms with E-state index in [0.717, 1.165) is 22.5 Å². The molecule has 1 aromatic carbocycles. The molecule has 3 aromatic rings. The van der Waals surface area contributed by atoms with Gasteiger partial charge >= 0.3 is 0 Å². The second kappa shape index (κ2) is 3.99. The third kappa shape index (κ3) is 1.73. The van der Waals surface area contributed by atoms with Gasteiger partial charge in [0, 0.05) is 5.56 Å². The number of nitrogens with one attached hydrogen (secondary N) is 1. The zero-order chi connectivity index (χ0) is 12.5. The van der Waals surface area contributed by atoms with Crippen molar-refractivity contribution in [1.82, 2.24) is 25.2 Å². The van der Waals surface area contributed by atoms with E-state index in [1.807, 2.05) is 31.2 Å². The summed E-state index contributed by atoms with van der Waals surface area (Å²) in [5.41, 5.74) is 9.43. The molecule has 6 heteroatoms. The van der Waals surface area contributed by atoms with Gasteiger partial charge in [0.25, 0.3) is 0 Å².